The van der Waals surface area contributed by atoms with Crippen LogP contribution in [0.4, 0.5) is 0 Å². The average molecular weight is 537 g/mol. The Hall–Kier alpha value is -5.60. The van der Waals surface area contributed by atoms with E-state index in [1.807, 2.05) is 18.2 Å². The van der Waals surface area contributed by atoms with Gasteiger partial charge >= 0.3 is 0 Å². The van der Waals surface area contributed by atoms with E-state index in [1.165, 1.54) is 33.0 Å². The Bertz CT molecular complexity index is 2470. The van der Waals surface area contributed by atoms with Crippen LogP contribution in [0.15, 0.2) is 154 Å². The Labute approximate surface area is 242 Å². The fraction of sp³-hybridized carbons (Fsp3) is 0. The zero-order valence-electron chi connectivity index (χ0n) is 22.7. The summed E-state index contributed by atoms with van der Waals surface area (Å²) in [5.41, 5.74) is 10.6. The molecule has 2 heterocycles. The highest BCUT2D eigenvalue weighted by molar-refractivity contribution is 6.22. The van der Waals surface area contributed by atoms with Crippen molar-refractivity contribution in [3.05, 3.63) is 146 Å². The normalized spacial score (nSPS) is 11.8. The molecule has 0 saturated heterocycles. The van der Waals surface area contributed by atoms with E-state index < -0.39 is 0 Å². The van der Waals surface area contributed by atoms with E-state index in [1.54, 1.807) is 0 Å². The van der Waals surface area contributed by atoms with Crippen LogP contribution in [-0.2, 0) is 0 Å². The first kappa shape index (κ1) is 23.1. The van der Waals surface area contributed by atoms with Gasteiger partial charge in [0, 0.05) is 16.2 Å². The van der Waals surface area contributed by atoms with Crippen LogP contribution in [0.25, 0.3) is 88.0 Å². The van der Waals surface area contributed by atoms with E-state index in [0.29, 0.717) is 0 Å². The molecule has 2 nitrogen and oxygen atoms in total. The summed E-state index contributed by atoms with van der Waals surface area (Å²) in [5.74, 6) is 0. The van der Waals surface area contributed by atoms with Gasteiger partial charge in [-0.15, -0.1) is 0 Å². The molecule has 9 aromatic rings. The van der Waals surface area contributed by atoms with Crippen LogP contribution < -0.4 is 0 Å². The summed E-state index contributed by atoms with van der Waals surface area (Å²) in [6, 6.07) is 51.6. The van der Waals surface area contributed by atoms with Crippen molar-refractivity contribution in [1.29, 1.82) is 0 Å². The molecule has 0 bridgehead atoms. The van der Waals surface area contributed by atoms with Gasteiger partial charge in [-0.1, -0.05) is 97.1 Å². The van der Waals surface area contributed by atoms with Gasteiger partial charge in [-0.25, -0.2) is 0 Å². The van der Waals surface area contributed by atoms with Gasteiger partial charge in [0.2, 0.25) is 0 Å². The smallest absolute Gasteiger partial charge is 0.147 e. The summed E-state index contributed by atoms with van der Waals surface area (Å²) >= 11 is 0. The number of hydrogen-bond acceptors (Lipinski definition) is 2. The highest BCUT2D eigenvalue weighted by Crippen LogP contribution is 2.40. The third-order valence-electron chi connectivity index (χ3n) is 8.45. The van der Waals surface area contributed by atoms with Gasteiger partial charge in [-0.3, -0.25) is 0 Å². The molecule has 9 rings (SSSR count). The van der Waals surface area contributed by atoms with Crippen molar-refractivity contribution in [1.82, 2.24) is 0 Å². The SMILES string of the molecule is c1cc(-c2cccc(-c3ccc4c(c3)oc3c4ccc4oc5ccccc5c43)c2)cc(-c2ccc3ccccc3c2)c1. The van der Waals surface area contributed by atoms with Crippen molar-refractivity contribution >= 4 is 54.6 Å². The van der Waals surface area contributed by atoms with Gasteiger partial charge in [-0.2, -0.15) is 0 Å². The maximum Gasteiger partial charge on any atom is 0.147 e. The van der Waals surface area contributed by atoms with E-state index in [0.717, 1.165) is 55.0 Å². The maximum absolute atomic E-state index is 6.54. The predicted octanol–water partition coefficient (Wildman–Crippen LogP) is 11.6. The van der Waals surface area contributed by atoms with Gasteiger partial charge in [0.1, 0.15) is 22.3 Å². The molecule has 7 aromatic carbocycles. The number of para-hydroxylation sites is 1. The van der Waals surface area contributed by atoms with E-state index in [4.69, 9.17) is 8.83 Å². The Kier molecular flexibility index (Phi) is 4.93. The minimum Gasteiger partial charge on any atom is -0.456 e. The number of rotatable bonds is 3. The molecule has 0 fully saturated rings. The van der Waals surface area contributed by atoms with Crippen LogP contribution >= 0.6 is 0 Å². The standard InChI is InChI=1S/C40H24O2/c1-2-8-26-21-31(16-15-25(26)7-1)29-11-5-9-27(22-29)28-10-6-12-30(23-28)32-17-18-33-34-19-20-37-39(40(34)42-38(33)24-32)35-13-3-4-14-36(35)41-37/h1-24H. The second kappa shape index (κ2) is 8.95. The maximum atomic E-state index is 6.54. The zero-order chi connectivity index (χ0) is 27.6. The average Bonchev–Trinajstić information content (AvgIpc) is 3.62. The molecular formula is C40H24O2. The van der Waals surface area contributed by atoms with Crippen molar-refractivity contribution in [2.75, 3.05) is 0 Å². The van der Waals surface area contributed by atoms with E-state index in [9.17, 15) is 0 Å². The van der Waals surface area contributed by atoms with Gasteiger partial charge < -0.3 is 8.83 Å². The molecule has 0 spiro atoms. The first-order valence-electron chi connectivity index (χ1n) is 14.3. The summed E-state index contributed by atoms with van der Waals surface area (Å²) in [5, 5.41) is 6.85. The third-order valence-corrected chi connectivity index (χ3v) is 8.45. The summed E-state index contributed by atoms with van der Waals surface area (Å²) < 4.78 is 12.6. The number of fused-ring (bicyclic) bond motifs is 8. The Morgan fingerprint density at radius 1 is 0.310 bits per heavy atom. The second-order valence-corrected chi connectivity index (χ2v) is 11.0. The van der Waals surface area contributed by atoms with Crippen molar-refractivity contribution in [3.8, 4) is 33.4 Å². The van der Waals surface area contributed by atoms with Crippen molar-refractivity contribution in [3.63, 3.8) is 0 Å². The molecule has 2 aromatic heterocycles. The summed E-state index contributed by atoms with van der Waals surface area (Å²) in [4.78, 5) is 0. The quantitative estimate of drug-likeness (QED) is 0.224. The molecule has 0 unspecified atom stereocenters. The van der Waals surface area contributed by atoms with Gasteiger partial charge in [0.05, 0.1) is 5.39 Å². The van der Waals surface area contributed by atoms with Crippen LogP contribution in [0.5, 0.6) is 0 Å². The molecule has 42 heavy (non-hydrogen) atoms. The minimum atomic E-state index is 0.849. The monoisotopic (exact) mass is 536 g/mol. The van der Waals surface area contributed by atoms with Crippen molar-refractivity contribution in [2.24, 2.45) is 0 Å². The lowest BCUT2D eigenvalue weighted by Gasteiger charge is -2.09. The molecule has 0 radical (unpaired) electrons. The summed E-state index contributed by atoms with van der Waals surface area (Å²) in [6.45, 7) is 0. The molecule has 0 aliphatic rings. The van der Waals surface area contributed by atoms with E-state index in [2.05, 4.69) is 127 Å². The van der Waals surface area contributed by atoms with Crippen LogP contribution in [0.2, 0.25) is 0 Å². The van der Waals surface area contributed by atoms with Crippen LogP contribution in [0, 0.1) is 0 Å². The Morgan fingerprint density at radius 3 is 1.71 bits per heavy atom. The number of furan rings is 2. The summed E-state index contributed by atoms with van der Waals surface area (Å²) in [6.07, 6.45) is 0. The molecule has 196 valence electrons. The molecule has 0 atom stereocenters. The Morgan fingerprint density at radius 2 is 0.929 bits per heavy atom. The minimum absolute atomic E-state index is 0.849. The highest BCUT2D eigenvalue weighted by Gasteiger charge is 2.16. The molecule has 0 N–H and O–H groups in total. The molecule has 0 aliphatic heterocycles. The fourth-order valence-corrected chi connectivity index (χ4v) is 6.35. The van der Waals surface area contributed by atoms with Gasteiger partial charge in [0.15, 0.2) is 0 Å². The third kappa shape index (κ3) is 3.59. The topological polar surface area (TPSA) is 26.3 Å². The van der Waals surface area contributed by atoms with Gasteiger partial charge in [-0.05, 0) is 92.7 Å². The van der Waals surface area contributed by atoms with Crippen molar-refractivity contribution < 1.29 is 8.83 Å². The first-order chi connectivity index (χ1) is 20.8. The second-order valence-electron chi connectivity index (χ2n) is 11.0. The predicted molar refractivity (Wildman–Crippen MR) is 175 cm³/mol. The molecule has 2 heteroatoms. The lowest BCUT2D eigenvalue weighted by molar-refractivity contribution is 0.663. The first-order valence-corrected chi connectivity index (χ1v) is 14.3. The van der Waals surface area contributed by atoms with Gasteiger partial charge in [0.25, 0.3) is 0 Å². The fourth-order valence-electron chi connectivity index (χ4n) is 6.35. The number of hydrogen-bond donors (Lipinski definition) is 0. The zero-order valence-corrected chi connectivity index (χ0v) is 22.7. The van der Waals surface area contributed by atoms with E-state index in [-0.39, 0.29) is 0 Å². The molecule has 0 amide bonds. The Balaban J connectivity index is 1.12. The van der Waals surface area contributed by atoms with Crippen LogP contribution in [-0.4, -0.2) is 0 Å². The lowest BCUT2D eigenvalue weighted by Crippen LogP contribution is -1.84. The summed E-state index contributed by atoms with van der Waals surface area (Å²) in [7, 11) is 0. The largest absolute Gasteiger partial charge is 0.456 e. The molecular weight excluding hydrogens is 512 g/mol. The lowest BCUT2D eigenvalue weighted by atomic mass is 9.95. The molecule has 0 saturated carbocycles. The van der Waals surface area contributed by atoms with Crippen LogP contribution in [0.3, 0.4) is 0 Å². The van der Waals surface area contributed by atoms with Crippen molar-refractivity contribution in [2.45, 2.75) is 0 Å². The van der Waals surface area contributed by atoms with E-state index >= 15 is 0 Å². The number of benzene rings is 7. The highest BCUT2D eigenvalue weighted by atomic mass is 16.3. The molecule has 0 aliphatic carbocycles. The van der Waals surface area contributed by atoms with Crippen LogP contribution in [0.1, 0.15) is 0 Å².